The molecule has 0 saturated heterocycles. The molecule has 1 atom stereocenters. The normalized spacial score (nSPS) is 18.0. The van der Waals surface area contributed by atoms with Crippen LogP contribution >= 0.6 is 0 Å². The minimum atomic E-state index is -0.708. The van der Waals surface area contributed by atoms with Gasteiger partial charge < -0.3 is 19.8 Å². The lowest BCUT2D eigenvalue weighted by Gasteiger charge is -2.25. The molecule has 1 aliphatic rings. The molecule has 0 fully saturated rings. The average molecular weight is 295 g/mol. The second-order valence-electron chi connectivity index (χ2n) is 4.22. The molecule has 0 saturated carbocycles. The maximum absolute atomic E-state index is 12.0. The smallest absolute Gasteiger partial charge is 0.433 e. The highest BCUT2D eigenvalue weighted by Gasteiger charge is 2.32. The number of ether oxygens (including phenoxy) is 1. The number of amides is 2. The van der Waals surface area contributed by atoms with Gasteiger partial charge in [0.1, 0.15) is 4.92 Å². The molecule has 112 valence electrons. The molecule has 1 aromatic rings. The number of rotatable bonds is 4. The van der Waals surface area contributed by atoms with Gasteiger partial charge in [-0.05, 0) is 19.9 Å². The fourth-order valence-electron chi connectivity index (χ4n) is 1.94. The summed E-state index contributed by atoms with van der Waals surface area (Å²) in [6, 6.07) is 1.30. The SMILES string of the molecule is CCOC(=O)C1=C(c2ccc([N+](=O)[O-])o2)NC(=O)NC1C. The van der Waals surface area contributed by atoms with Gasteiger partial charge in [0.05, 0.1) is 30.0 Å². The Labute approximate surface area is 119 Å². The number of hydrogen-bond acceptors (Lipinski definition) is 6. The topological polar surface area (TPSA) is 124 Å². The Kier molecular flexibility index (Phi) is 3.92. The minimum absolute atomic E-state index is 0.0199. The van der Waals surface area contributed by atoms with Gasteiger partial charge in [0.15, 0.2) is 5.76 Å². The second-order valence-corrected chi connectivity index (χ2v) is 4.22. The Morgan fingerprint density at radius 1 is 1.52 bits per heavy atom. The number of nitro groups is 1. The highest BCUT2D eigenvalue weighted by Crippen LogP contribution is 2.27. The molecule has 0 radical (unpaired) electrons. The molecule has 0 bridgehead atoms. The third-order valence-electron chi connectivity index (χ3n) is 2.80. The lowest BCUT2D eigenvalue weighted by molar-refractivity contribution is -0.402. The Hall–Kier alpha value is -2.84. The van der Waals surface area contributed by atoms with Crippen LogP contribution in [0, 0.1) is 10.1 Å². The van der Waals surface area contributed by atoms with E-state index < -0.39 is 28.8 Å². The number of hydrogen-bond donors (Lipinski definition) is 2. The third kappa shape index (κ3) is 2.86. The van der Waals surface area contributed by atoms with E-state index >= 15 is 0 Å². The van der Waals surface area contributed by atoms with Gasteiger partial charge in [0.25, 0.3) is 0 Å². The van der Waals surface area contributed by atoms with Crippen molar-refractivity contribution >= 4 is 23.6 Å². The fourth-order valence-corrected chi connectivity index (χ4v) is 1.94. The van der Waals surface area contributed by atoms with E-state index in [9.17, 15) is 19.7 Å². The van der Waals surface area contributed by atoms with Crippen molar-refractivity contribution in [3.63, 3.8) is 0 Å². The number of esters is 1. The van der Waals surface area contributed by atoms with Crippen molar-refractivity contribution in [3.05, 3.63) is 33.6 Å². The van der Waals surface area contributed by atoms with Crippen LogP contribution in [-0.4, -0.2) is 29.6 Å². The molecular weight excluding hydrogens is 282 g/mol. The van der Waals surface area contributed by atoms with E-state index in [0.717, 1.165) is 6.07 Å². The van der Waals surface area contributed by atoms with Crippen molar-refractivity contribution in [2.24, 2.45) is 0 Å². The van der Waals surface area contributed by atoms with Crippen molar-refractivity contribution < 1.29 is 23.7 Å². The van der Waals surface area contributed by atoms with Crippen LogP contribution in [0.1, 0.15) is 19.6 Å². The van der Waals surface area contributed by atoms with E-state index in [1.165, 1.54) is 6.07 Å². The summed E-state index contributed by atoms with van der Waals surface area (Å²) >= 11 is 0. The third-order valence-corrected chi connectivity index (χ3v) is 2.80. The summed E-state index contributed by atoms with van der Waals surface area (Å²) in [5.41, 5.74) is 0.207. The van der Waals surface area contributed by atoms with Crippen LogP contribution in [0.25, 0.3) is 5.70 Å². The first-order chi connectivity index (χ1) is 9.93. The van der Waals surface area contributed by atoms with Crippen LogP contribution in [0.4, 0.5) is 10.7 Å². The van der Waals surface area contributed by atoms with Crippen LogP contribution in [0.5, 0.6) is 0 Å². The van der Waals surface area contributed by atoms with Gasteiger partial charge in [0, 0.05) is 0 Å². The molecule has 2 heterocycles. The monoisotopic (exact) mass is 295 g/mol. The van der Waals surface area contributed by atoms with Crippen LogP contribution in [0.3, 0.4) is 0 Å². The molecule has 0 spiro atoms. The van der Waals surface area contributed by atoms with Crippen LogP contribution in [0.15, 0.2) is 22.1 Å². The van der Waals surface area contributed by atoms with E-state index in [0.29, 0.717) is 0 Å². The first kappa shape index (κ1) is 14.6. The number of nitrogens with zero attached hydrogens (tertiary/aromatic N) is 1. The molecule has 2 rings (SSSR count). The van der Waals surface area contributed by atoms with Gasteiger partial charge in [-0.25, -0.2) is 9.59 Å². The number of nitrogens with one attached hydrogen (secondary N) is 2. The van der Waals surface area contributed by atoms with Crippen molar-refractivity contribution in [2.75, 3.05) is 6.61 Å². The number of furan rings is 1. The second kappa shape index (κ2) is 5.65. The summed E-state index contributed by atoms with van der Waals surface area (Å²) in [5.74, 6) is -1.10. The Morgan fingerprint density at radius 2 is 2.24 bits per heavy atom. The maximum Gasteiger partial charge on any atom is 0.433 e. The molecule has 2 amide bonds. The summed E-state index contributed by atoms with van der Waals surface area (Å²) in [5, 5.41) is 15.6. The zero-order valence-corrected chi connectivity index (χ0v) is 11.3. The van der Waals surface area contributed by atoms with Crippen LogP contribution in [-0.2, 0) is 9.53 Å². The Balaban J connectivity index is 2.50. The Morgan fingerprint density at radius 3 is 2.81 bits per heavy atom. The van der Waals surface area contributed by atoms with E-state index in [1.807, 2.05) is 0 Å². The number of carbonyl (C=O) groups is 2. The molecule has 0 aromatic carbocycles. The average Bonchev–Trinajstić information content (AvgIpc) is 2.87. The van der Waals surface area contributed by atoms with Crippen molar-refractivity contribution in [2.45, 2.75) is 19.9 Å². The van der Waals surface area contributed by atoms with E-state index in [2.05, 4.69) is 10.6 Å². The van der Waals surface area contributed by atoms with Gasteiger partial charge in [0.2, 0.25) is 0 Å². The quantitative estimate of drug-likeness (QED) is 0.488. The summed E-state index contributed by atoms with van der Waals surface area (Å²) in [4.78, 5) is 33.5. The summed E-state index contributed by atoms with van der Waals surface area (Å²) in [6.07, 6.45) is 0. The molecule has 1 aromatic heterocycles. The van der Waals surface area contributed by atoms with Crippen molar-refractivity contribution in [3.8, 4) is 0 Å². The Bertz CT molecular complexity index is 633. The highest BCUT2D eigenvalue weighted by atomic mass is 16.6. The molecule has 1 unspecified atom stereocenters. The zero-order valence-electron chi connectivity index (χ0n) is 11.3. The van der Waals surface area contributed by atoms with Gasteiger partial charge in [-0.1, -0.05) is 0 Å². The fraction of sp³-hybridized carbons (Fsp3) is 0.333. The standard InChI is InChI=1S/C12H13N3O6/c1-3-20-11(16)9-6(2)13-12(17)14-10(9)7-4-5-8(21-7)15(18)19/h4-6H,3H2,1-2H3,(H2,13,14,17). The lowest BCUT2D eigenvalue weighted by atomic mass is 10.0. The number of urea groups is 1. The van der Waals surface area contributed by atoms with Gasteiger partial charge >= 0.3 is 17.9 Å². The lowest BCUT2D eigenvalue weighted by Crippen LogP contribution is -2.48. The molecule has 9 heteroatoms. The molecule has 2 N–H and O–H groups in total. The molecule has 9 nitrogen and oxygen atoms in total. The van der Waals surface area contributed by atoms with E-state index in [1.54, 1.807) is 13.8 Å². The van der Waals surface area contributed by atoms with Crippen LogP contribution < -0.4 is 10.6 Å². The van der Waals surface area contributed by atoms with Crippen molar-refractivity contribution in [1.82, 2.24) is 10.6 Å². The summed E-state index contributed by atoms with van der Waals surface area (Å²) < 4.78 is 9.96. The zero-order chi connectivity index (χ0) is 15.6. The van der Waals surface area contributed by atoms with Gasteiger partial charge in [-0.15, -0.1) is 0 Å². The number of carbonyl (C=O) groups excluding carboxylic acids is 2. The first-order valence-corrected chi connectivity index (χ1v) is 6.17. The summed E-state index contributed by atoms with van der Waals surface area (Å²) in [7, 11) is 0. The van der Waals surface area contributed by atoms with Gasteiger partial charge in [-0.3, -0.25) is 10.1 Å². The van der Waals surface area contributed by atoms with Gasteiger partial charge in [-0.2, -0.15) is 0 Å². The predicted molar refractivity (Wildman–Crippen MR) is 70.0 cm³/mol. The predicted octanol–water partition coefficient (Wildman–Crippen LogP) is 1.16. The maximum atomic E-state index is 12.0. The molecule has 0 aliphatic carbocycles. The molecule has 21 heavy (non-hydrogen) atoms. The largest absolute Gasteiger partial charge is 0.463 e. The highest BCUT2D eigenvalue weighted by molar-refractivity contribution is 6.03. The van der Waals surface area contributed by atoms with Crippen molar-refractivity contribution in [1.29, 1.82) is 0 Å². The minimum Gasteiger partial charge on any atom is -0.463 e. The van der Waals surface area contributed by atoms with E-state index in [-0.39, 0.29) is 23.6 Å². The van der Waals surface area contributed by atoms with Crippen LogP contribution in [0.2, 0.25) is 0 Å². The molecule has 1 aliphatic heterocycles. The molecular formula is C12H13N3O6. The summed E-state index contributed by atoms with van der Waals surface area (Å²) in [6.45, 7) is 3.41. The first-order valence-electron chi connectivity index (χ1n) is 6.17. The van der Waals surface area contributed by atoms with E-state index in [4.69, 9.17) is 9.15 Å².